The molecule has 2 aromatic rings. The van der Waals surface area contributed by atoms with E-state index in [1.807, 2.05) is 43.3 Å². The minimum Gasteiger partial charge on any atom is -0.497 e. The van der Waals surface area contributed by atoms with E-state index in [0.717, 1.165) is 24.4 Å². The average Bonchev–Trinajstić information content (AvgIpc) is 2.71. The van der Waals surface area contributed by atoms with Crippen LogP contribution < -0.4 is 4.74 Å². The van der Waals surface area contributed by atoms with Crippen molar-refractivity contribution < 1.29 is 18.7 Å². The number of ether oxygens (including phenoxy) is 2. The molecular weight excluding hydrogens is 357 g/mol. The van der Waals surface area contributed by atoms with Gasteiger partial charge in [-0.1, -0.05) is 30.3 Å². The van der Waals surface area contributed by atoms with Gasteiger partial charge < -0.3 is 9.47 Å². The second-order valence-corrected chi connectivity index (χ2v) is 7.40. The van der Waals surface area contributed by atoms with Crippen LogP contribution in [0.25, 0.3) is 0 Å². The van der Waals surface area contributed by atoms with Crippen LogP contribution in [-0.4, -0.2) is 37.7 Å². The number of carbonyl (C=O) groups excluding carboxylic acids is 1. The standard InChI is InChI=1S/C23H28FNO3/c1-3-28-22(26)23(16-18-7-6-9-20(15-18)27-2)11-13-25(14-12-23)17-19-8-4-5-10-21(19)24/h4-10,15H,3,11-14,16-17H2,1-2H3. The van der Waals surface area contributed by atoms with Gasteiger partial charge >= 0.3 is 5.97 Å². The number of carbonyl (C=O) groups is 1. The number of likely N-dealkylation sites (tertiary alicyclic amines) is 1. The SMILES string of the molecule is CCOC(=O)C1(Cc2cccc(OC)c2)CCN(Cc2ccccc2F)CC1. The molecule has 0 spiro atoms. The zero-order valence-corrected chi connectivity index (χ0v) is 16.6. The second kappa shape index (κ2) is 9.20. The summed E-state index contributed by atoms with van der Waals surface area (Å²) in [7, 11) is 1.64. The van der Waals surface area contributed by atoms with Gasteiger partial charge in [-0.15, -0.1) is 0 Å². The predicted molar refractivity (Wildman–Crippen MR) is 107 cm³/mol. The fourth-order valence-corrected chi connectivity index (χ4v) is 3.92. The van der Waals surface area contributed by atoms with Crippen LogP contribution in [0.15, 0.2) is 48.5 Å². The largest absolute Gasteiger partial charge is 0.497 e. The highest BCUT2D eigenvalue weighted by Crippen LogP contribution is 2.37. The van der Waals surface area contributed by atoms with E-state index in [1.165, 1.54) is 6.07 Å². The van der Waals surface area contributed by atoms with Gasteiger partial charge in [0.1, 0.15) is 11.6 Å². The number of rotatable bonds is 7. The lowest BCUT2D eigenvalue weighted by Crippen LogP contribution is -2.46. The molecule has 0 radical (unpaired) electrons. The number of hydrogen-bond donors (Lipinski definition) is 0. The normalized spacial score (nSPS) is 16.5. The molecule has 0 atom stereocenters. The molecule has 3 rings (SSSR count). The Morgan fingerprint density at radius 3 is 2.57 bits per heavy atom. The van der Waals surface area contributed by atoms with Crippen molar-refractivity contribution in [2.45, 2.75) is 32.7 Å². The van der Waals surface area contributed by atoms with E-state index < -0.39 is 5.41 Å². The smallest absolute Gasteiger partial charge is 0.312 e. The van der Waals surface area contributed by atoms with Crippen molar-refractivity contribution in [3.8, 4) is 5.75 Å². The van der Waals surface area contributed by atoms with Gasteiger partial charge in [-0.05, 0) is 63.0 Å². The summed E-state index contributed by atoms with van der Waals surface area (Å²) in [6, 6.07) is 14.7. The summed E-state index contributed by atoms with van der Waals surface area (Å²) in [4.78, 5) is 15.1. The lowest BCUT2D eigenvalue weighted by molar-refractivity contribution is -0.158. The number of hydrogen-bond acceptors (Lipinski definition) is 4. The summed E-state index contributed by atoms with van der Waals surface area (Å²) in [5, 5.41) is 0. The quantitative estimate of drug-likeness (QED) is 0.669. The maximum atomic E-state index is 14.0. The first-order valence-electron chi connectivity index (χ1n) is 9.82. The van der Waals surface area contributed by atoms with E-state index in [9.17, 15) is 9.18 Å². The Morgan fingerprint density at radius 1 is 1.14 bits per heavy atom. The Bertz CT molecular complexity index is 800. The highest BCUT2D eigenvalue weighted by atomic mass is 19.1. The van der Waals surface area contributed by atoms with E-state index in [1.54, 1.807) is 13.2 Å². The molecular formula is C23H28FNO3. The van der Waals surface area contributed by atoms with E-state index in [-0.39, 0.29) is 11.8 Å². The van der Waals surface area contributed by atoms with Crippen molar-refractivity contribution in [1.29, 1.82) is 0 Å². The third kappa shape index (κ3) is 4.71. The summed E-state index contributed by atoms with van der Waals surface area (Å²) in [6.45, 7) is 4.24. The van der Waals surface area contributed by atoms with Gasteiger partial charge in [-0.2, -0.15) is 0 Å². The fraction of sp³-hybridized carbons (Fsp3) is 0.435. The first-order valence-corrected chi connectivity index (χ1v) is 9.82. The zero-order valence-electron chi connectivity index (χ0n) is 16.6. The minimum atomic E-state index is -0.548. The van der Waals surface area contributed by atoms with Crippen molar-refractivity contribution in [2.24, 2.45) is 5.41 Å². The highest BCUT2D eigenvalue weighted by Gasteiger charge is 2.42. The van der Waals surface area contributed by atoms with Gasteiger partial charge in [0.25, 0.3) is 0 Å². The van der Waals surface area contributed by atoms with Gasteiger partial charge in [0, 0.05) is 12.1 Å². The zero-order chi connectivity index (χ0) is 20.0. The third-order valence-electron chi connectivity index (χ3n) is 5.55. The number of esters is 1. The summed E-state index contributed by atoms with van der Waals surface area (Å²) < 4.78 is 24.7. The first-order chi connectivity index (χ1) is 13.6. The molecule has 1 heterocycles. The fourth-order valence-electron chi connectivity index (χ4n) is 3.92. The molecule has 0 bridgehead atoms. The minimum absolute atomic E-state index is 0.136. The Morgan fingerprint density at radius 2 is 1.89 bits per heavy atom. The third-order valence-corrected chi connectivity index (χ3v) is 5.55. The monoisotopic (exact) mass is 385 g/mol. The van der Waals surface area contributed by atoms with E-state index in [2.05, 4.69) is 4.90 Å². The molecule has 0 unspecified atom stereocenters. The molecule has 1 saturated heterocycles. The van der Waals surface area contributed by atoms with Gasteiger partial charge in [-0.25, -0.2) is 4.39 Å². The molecule has 1 aliphatic rings. The summed E-state index contributed by atoms with van der Waals surface area (Å²) >= 11 is 0. The maximum absolute atomic E-state index is 14.0. The molecule has 1 aliphatic heterocycles. The number of benzene rings is 2. The van der Waals surface area contributed by atoms with Crippen LogP contribution in [-0.2, 0) is 22.5 Å². The lowest BCUT2D eigenvalue weighted by Gasteiger charge is -2.40. The van der Waals surface area contributed by atoms with Gasteiger partial charge in [-0.3, -0.25) is 9.69 Å². The topological polar surface area (TPSA) is 38.8 Å². The Balaban J connectivity index is 1.73. The molecule has 1 fully saturated rings. The number of methoxy groups -OCH3 is 1. The van der Waals surface area contributed by atoms with Crippen LogP contribution in [0.5, 0.6) is 5.75 Å². The summed E-state index contributed by atoms with van der Waals surface area (Å²) in [6.07, 6.45) is 2.01. The number of nitrogens with zero attached hydrogens (tertiary/aromatic N) is 1. The van der Waals surface area contributed by atoms with Crippen molar-refractivity contribution in [1.82, 2.24) is 4.90 Å². The molecule has 28 heavy (non-hydrogen) atoms. The van der Waals surface area contributed by atoms with E-state index >= 15 is 0 Å². The van der Waals surface area contributed by atoms with Gasteiger partial charge in [0.2, 0.25) is 0 Å². The summed E-state index contributed by atoms with van der Waals surface area (Å²) in [5.41, 5.74) is 1.21. The molecule has 5 heteroatoms. The maximum Gasteiger partial charge on any atom is 0.312 e. The van der Waals surface area contributed by atoms with Crippen LogP contribution in [0.1, 0.15) is 30.9 Å². The molecule has 0 N–H and O–H groups in total. The van der Waals surface area contributed by atoms with E-state index in [4.69, 9.17) is 9.47 Å². The Kier molecular flexibility index (Phi) is 6.68. The van der Waals surface area contributed by atoms with Crippen LogP contribution in [0.3, 0.4) is 0 Å². The van der Waals surface area contributed by atoms with Gasteiger partial charge in [0.05, 0.1) is 19.1 Å². The van der Waals surface area contributed by atoms with Crippen LogP contribution in [0.2, 0.25) is 0 Å². The molecule has 0 aliphatic carbocycles. The van der Waals surface area contributed by atoms with Crippen LogP contribution >= 0.6 is 0 Å². The van der Waals surface area contributed by atoms with Crippen molar-refractivity contribution in [3.63, 3.8) is 0 Å². The second-order valence-electron chi connectivity index (χ2n) is 7.40. The van der Waals surface area contributed by atoms with Crippen molar-refractivity contribution in [2.75, 3.05) is 26.8 Å². The Hall–Kier alpha value is -2.40. The number of piperidine rings is 1. The van der Waals surface area contributed by atoms with E-state index in [0.29, 0.717) is 38.0 Å². The molecule has 150 valence electrons. The van der Waals surface area contributed by atoms with Crippen LogP contribution in [0, 0.1) is 11.2 Å². The molecule has 0 amide bonds. The first kappa shape index (κ1) is 20.3. The van der Waals surface area contributed by atoms with Gasteiger partial charge in [0.15, 0.2) is 0 Å². The lowest BCUT2D eigenvalue weighted by atomic mass is 9.73. The number of halogens is 1. The molecule has 4 nitrogen and oxygen atoms in total. The summed E-state index contributed by atoms with van der Waals surface area (Å²) in [5.74, 6) is 0.470. The van der Waals surface area contributed by atoms with Crippen LogP contribution in [0.4, 0.5) is 4.39 Å². The predicted octanol–water partition coefficient (Wildman–Crippen LogP) is 4.22. The molecule has 0 saturated carbocycles. The van der Waals surface area contributed by atoms with Crippen molar-refractivity contribution in [3.05, 3.63) is 65.5 Å². The van der Waals surface area contributed by atoms with Crippen molar-refractivity contribution >= 4 is 5.97 Å². The molecule has 2 aromatic carbocycles. The highest BCUT2D eigenvalue weighted by molar-refractivity contribution is 5.77. The average molecular weight is 385 g/mol. The molecule has 0 aromatic heterocycles. The Labute approximate surface area is 166 Å².